The number of carbonyl (C=O) groups is 2. The molecular weight excluding hydrogens is 272 g/mol. The number of nitrogens with one attached hydrogen (secondary N) is 1. The van der Waals surface area contributed by atoms with E-state index < -0.39 is 12.1 Å². The first-order chi connectivity index (χ1) is 10.2. The summed E-state index contributed by atoms with van der Waals surface area (Å²) >= 11 is 0. The van der Waals surface area contributed by atoms with Crippen LogP contribution in [0, 0.1) is 0 Å². The molecule has 0 spiro atoms. The highest BCUT2D eigenvalue weighted by Crippen LogP contribution is 2.23. The van der Waals surface area contributed by atoms with Gasteiger partial charge in [0.15, 0.2) is 0 Å². The number of fused-ring (bicyclic) bond motifs is 1. The van der Waals surface area contributed by atoms with Gasteiger partial charge in [-0.2, -0.15) is 0 Å². The third-order valence-electron chi connectivity index (χ3n) is 4.28. The summed E-state index contributed by atoms with van der Waals surface area (Å²) in [7, 11) is 1.36. The van der Waals surface area contributed by atoms with Crippen LogP contribution in [-0.2, 0) is 22.5 Å². The maximum absolute atomic E-state index is 12.8. The summed E-state index contributed by atoms with van der Waals surface area (Å²) in [6.07, 6.45) is 4.61. The van der Waals surface area contributed by atoms with E-state index in [1.54, 1.807) is 11.2 Å². The van der Waals surface area contributed by atoms with E-state index in [1.165, 1.54) is 7.11 Å². The quantitative estimate of drug-likeness (QED) is 0.834. The van der Waals surface area contributed by atoms with Crippen molar-refractivity contribution in [2.75, 3.05) is 20.2 Å². The minimum Gasteiger partial charge on any atom is -0.453 e. The molecule has 1 N–H and O–H groups in total. The van der Waals surface area contributed by atoms with Crippen molar-refractivity contribution in [3.63, 3.8) is 0 Å². The van der Waals surface area contributed by atoms with E-state index in [0.717, 1.165) is 30.7 Å². The average molecular weight is 292 g/mol. The van der Waals surface area contributed by atoms with Crippen molar-refractivity contribution < 1.29 is 14.3 Å². The second-order valence-corrected chi connectivity index (χ2v) is 5.51. The van der Waals surface area contributed by atoms with Crippen molar-refractivity contribution in [3.8, 4) is 0 Å². The van der Waals surface area contributed by atoms with Crippen molar-refractivity contribution in [1.82, 2.24) is 19.8 Å². The summed E-state index contributed by atoms with van der Waals surface area (Å²) in [6.45, 7) is 1.79. The van der Waals surface area contributed by atoms with Gasteiger partial charge in [0.2, 0.25) is 5.91 Å². The van der Waals surface area contributed by atoms with Gasteiger partial charge in [0.1, 0.15) is 6.04 Å². The van der Waals surface area contributed by atoms with Crippen LogP contribution < -0.4 is 0 Å². The molecule has 1 fully saturated rings. The van der Waals surface area contributed by atoms with Gasteiger partial charge in [0.25, 0.3) is 0 Å². The fraction of sp³-hybridized carbons (Fsp3) is 0.643. The monoisotopic (exact) mass is 292 g/mol. The van der Waals surface area contributed by atoms with Crippen molar-refractivity contribution in [3.05, 3.63) is 17.7 Å². The van der Waals surface area contributed by atoms with Crippen LogP contribution in [0.1, 0.15) is 30.7 Å². The Bertz CT molecular complexity index is 542. The fourth-order valence-corrected chi connectivity index (χ4v) is 3.14. The average Bonchev–Trinajstić information content (AvgIpc) is 3.01. The lowest BCUT2D eigenvalue weighted by Gasteiger charge is -2.37. The summed E-state index contributed by atoms with van der Waals surface area (Å²) in [5.74, 6) is 0.0142. The van der Waals surface area contributed by atoms with Crippen LogP contribution in [0.3, 0.4) is 0 Å². The minimum atomic E-state index is -0.410. The van der Waals surface area contributed by atoms with Crippen molar-refractivity contribution in [1.29, 1.82) is 0 Å². The van der Waals surface area contributed by atoms with Crippen LogP contribution in [0.25, 0.3) is 0 Å². The van der Waals surface area contributed by atoms with Gasteiger partial charge < -0.3 is 14.6 Å². The number of ether oxygens (including phenoxy) is 1. The lowest BCUT2D eigenvalue weighted by atomic mass is 10.0. The maximum Gasteiger partial charge on any atom is 0.410 e. The highest BCUT2D eigenvalue weighted by atomic mass is 16.5. The number of aromatic amines is 1. The minimum absolute atomic E-state index is 0.0142. The van der Waals surface area contributed by atoms with Gasteiger partial charge in [-0.15, -0.1) is 0 Å². The molecule has 3 rings (SSSR count). The smallest absolute Gasteiger partial charge is 0.410 e. The predicted octanol–water partition coefficient (Wildman–Crippen LogP) is 0.915. The van der Waals surface area contributed by atoms with E-state index in [0.29, 0.717) is 26.1 Å². The van der Waals surface area contributed by atoms with Crippen molar-refractivity contribution in [2.24, 2.45) is 0 Å². The molecule has 2 amide bonds. The highest BCUT2D eigenvalue weighted by molar-refractivity contribution is 5.86. The zero-order valence-corrected chi connectivity index (χ0v) is 12.2. The number of nitrogens with zero attached hydrogens (tertiary/aromatic N) is 3. The molecule has 1 aromatic heterocycles. The molecule has 0 unspecified atom stereocenters. The Balaban J connectivity index is 1.73. The largest absolute Gasteiger partial charge is 0.453 e. The summed E-state index contributed by atoms with van der Waals surface area (Å²) in [6, 6.07) is -0.393. The van der Waals surface area contributed by atoms with Crippen LogP contribution >= 0.6 is 0 Å². The number of likely N-dealkylation sites (tertiary alicyclic amines) is 1. The number of piperidine rings is 1. The third-order valence-corrected chi connectivity index (χ3v) is 4.28. The topological polar surface area (TPSA) is 78.5 Å². The summed E-state index contributed by atoms with van der Waals surface area (Å²) in [4.78, 5) is 35.3. The highest BCUT2D eigenvalue weighted by Gasteiger charge is 2.36. The molecule has 114 valence electrons. The molecule has 1 aromatic rings. The van der Waals surface area contributed by atoms with Gasteiger partial charge in [0.05, 0.1) is 31.4 Å². The fourth-order valence-electron chi connectivity index (χ4n) is 3.14. The van der Waals surface area contributed by atoms with Gasteiger partial charge in [-0.25, -0.2) is 9.78 Å². The Morgan fingerprint density at radius 1 is 1.38 bits per heavy atom. The number of hydrogen-bond acceptors (Lipinski definition) is 4. The SMILES string of the molecule is COC(=O)N1CCCC[C@H]1C(=O)N1CCc2nc[nH]c2C1. The third kappa shape index (κ3) is 2.59. The Hall–Kier alpha value is -2.05. The second-order valence-electron chi connectivity index (χ2n) is 5.51. The summed E-state index contributed by atoms with van der Waals surface area (Å²) in [5, 5.41) is 0. The molecular formula is C14H20N4O3. The van der Waals surface area contributed by atoms with Crippen LogP contribution in [0.2, 0.25) is 0 Å². The summed E-state index contributed by atoms with van der Waals surface area (Å²) < 4.78 is 4.80. The molecule has 0 saturated carbocycles. The number of rotatable bonds is 1. The maximum atomic E-state index is 12.8. The van der Waals surface area contributed by atoms with Gasteiger partial charge in [-0.3, -0.25) is 9.69 Å². The van der Waals surface area contributed by atoms with Crippen LogP contribution in [0.15, 0.2) is 6.33 Å². The number of imidazole rings is 1. The number of H-pyrrole nitrogens is 1. The lowest BCUT2D eigenvalue weighted by molar-refractivity contribution is -0.138. The first kappa shape index (κ1) is 13.9. The van der Waals surface area contributed by atoms with E-state index in [2.05, 4.69) is 9.97 Å². The zero-order chi connectivity index (χ0) is 14.8. The molecule has 0 radical (unpaired) electrons. The number of aromatic nitrogens is 2. The number of amides is 2. The second kappa shape index (κ2) is 5.75. The molecule has 2 aliphatic heterocycles. The zero-order valence-electron chi connectivity index (χ0n) is 12.2. The first-order valence-electron chi connectivity index (χ1n) is 7.35. The molecule has 3 heterocycles. The molecule has 7 heteroatoms. The predicted molar refractivity (Wildman–Crippen MR) is 74.5 cm³/mol. The van der Waals surface area contributed by atoms with Crippen molar-refractivity contribution in [2.45, 2.75) is 38.3 Å². The van der Waals surface area contributed by atoms with E-state index in [1.807, 2.05) is 4.90 Å². The van der Waals surface area contributed by atoms with Crippen molar-refractivity contribution >= 4 is 12.0 Å². The standard InChI is InChI=1S/C14H20N4O3/c1-21-14(20)18-6-3-2-4-12(18)13(19)17-7-5-10-11(8-17)16-9-15-10/h9,12H,2-8H2,1H3,(H,15,16)/t12-/m0/s1. The van der Waals surface area contributed by atoms with Gasteiger partial charge in [-0.05, 0) is 19.3 Å². The Morgan fingerprint density at radius 3 is 3.05 bits per heavy atom. The number of hydrogen-bond donors (Lipinski definition) is 1. The van der Waals surface area contributed by atoms with E-state index in [4.69, 9.17) is 4.74 Å². The van der Waals surface area contributed by atoms with E-state index in [-0.39, 0.29) is 5.91 Å². The van der Waals surface area contributed by atoms with Gasteiger partial charge in [0, 0.05) is 19.5 Å². The molecule has 0 aliphatic carbocycles. The molecule has 2 aliphatic rings. The first-order valence-corrected chi connectivity index (χ1v) is 7.35. The van der Waals surface area contributed by atoms with E-state index in [9.17, 15) is 9.59 Å². The number of carbonyl (C=O) groups excluding carboxylic acids is 2. The lowest BCUT2D eigenvalue weighted by Crippen LogP contribution is -2.53. The molecule has 0 bridgehead atoms. The van der Waals surface area contributed by atoms with E-state index >= 15 is 0 Å². The van der Waals surface area contributed by atoms with Crippen LogP contribution in [0.4, 0.5) is 4.79 Å². The van der Waals surface area contributed by atoms with Gasteiger partial charge >= 0.3 is 6.09 Å². The van der Waals surface area contributed by atoms with Crippen LogP contribution in [0.5, 0.6) is 0 Å². The summed E-state index contributed by atoms with van der Waals surface area (Å²) in [5.41, 5.74) is 2.03. The molecule has 1 atom stereocenters. The molecule has 1 saturated heterocycles. The Labute approximate surface area is 123 Å². The normalized spacial score (nSPS) is 21.9. The number of methoxy groups -OCH3 is 1. The Kier molecular flexibility index (Phi) is 3.81. The van der Waals surface area contributed by atoms with Crippen LogP contribution in [-0.4, -0.2) is 58.0 Å². The Morgan fingerprint density at radius 2 is 2.24 bits per heavy atom. The molecule has 21 heavy (non-hydrogen) atoms. The van der Waals surface area contributed by atoms with Gasteiger partial charge in [-0.1, -0.05) is 0 Å². The molecule has 7 nitrogen and oxygen atoms in total. The molecule has 0 aromatic carbocycles.